The van der Waals surface area contributed by atoms with Gasteiger partial charge in [-0.05, 0) is 48.8 Å². The Bertz CT molecular complexity index is 597. The number of nitrogens with two attached hydrogens (primary N) is 1. The molecule has 1 aromatic carbocycles. The Morgan fingerprint density at radius 1 is 1.22 bits per heavy atom. The Labute approximate surface area is 137 Å². The first kappa shape index (κ1) is 16.0. The highest BCUT2D eigenvalue weighted by Crippen LogP contribution is 2.48. The summed E-state index contributed by atoms with van der Waals surface area (Å²) in [5.74, 6) is 1.06. The van der Waals surface area contributed by atoms with Gasteiger partial charge in [-0.25, -0.2) is 0 Å². The third-order valence-electron chi connectivity index (χ3n) is 5.50. The molecule has 4 atom stereocenters. The van der Waals surface area contributed by atoms with Crippen molar-refractivity contribution in [2.75, 3.05) is 14.1 Å². The molecule has 0 spiro atoms. The van der Waals surface area contributed by atoms with Crippen LogP contribution in [0.2, 0.25) is 0 Å². The molecule has 0 saturated heterocycles. The standard InChI is InChI=1S/C18H25N3O2/c1-20-17(22)12-5-3-11(4-6-12)10-21(2)18(23)15-13-7-8-14(9-13)16(15)19/h3-6,13-16H,7-10,19H2,1-2H3,(H,20,22). The summed E-state index contributed by atoms with van der Waals surface area (Å²) in [4.78, 5) is 26.1. The maximum absolute atomic E-state index is 12.8. The first-order valence-electron chi connectivity index (χ1n) is 8.33. The van der Waals surface area contributed by atoms with Crippen molar-refractivity contribution in [1.82, 2.24) is 10.2 Å². The third-order valence-corrected chi connectivity index (χ3v) is 5.50. The molecule has 5 nitrogen and oxygen atoms in total. The van der Waals surface area contributed by atoms with Crippen molar-refractivity contribution in [3.63, 3.8) is 0 Å². The largest absolute Gasteiger partial charge is 0.355 e. The Morgan fingerprint density at radius 3 is 2.43 bits per heavy atom. The molecule has 4 unspecified atom stereocenters. The average Bonchev–Trinajstić information content (AvgIpc) is 3.15. The van der Waals surface area contributed by atoms with Gasteiger partial charge in [0.2, 0.25) is 5.91 Å². The summed E-state index contributed by atoms with van der Waals surface area (Å²) in [6.45, 7) is 0.549. The molecule has 2 aliphatic rings. The first-order chi connectivity index (χ1) is 11.0. The van der Waals surface area contributed by atoms with Gasteiger partial charge in [0.1, 0.15) is 0 Å². The molecule has 124 valence electrons. The van der Waals surface area contributed by atoms with Gasteiger partial charge in [-0.1, -0.05) is 12.1 Å². The van der Waals surface area contributed by atoms with Gasteiger partial charge in [0, 0.05) is 32.2 Å². The predicted molar refractivity (Wildman–Crippen MR) is 88.6 cm³/mol. The summed E-state index contributed by atoms with van der Waals surface area (Å²) in [5.41, 5.74) is 7.92. The number of amides is 2. The number of carbonyl (C=O) groups is 2. The zero-order valence-electron chi connectivity index (χ0n) is 13.8. The molecule has 2 fully saturated rings. The van der Waals surface area contributed by atoms with E-state index in [1.54, 1.807) is 24.1 Å². The highest BCUT2D eigenvalue weighted by molar-refractivity contribution is 5.93. The summed E-state index contributed by atoms with van der Waals surface area (Å²) in [6, 6.07) is 7.40. The lowest BCUT2D eigenvalue weighted by Gasteiger charge is -2.30. The number of nitrogens with one attached hydrogen (secondary N) is 1. The minimum Gasteiger partial charge on any atom is -0.355 e. The van der Waals surface area contributed by atoms with E-state index < -0.39 is 0 Å². The van der Waals surface area contributed by atoms with Gasteiger partial charge < -0.3 is 16.0 Å². The quantitative estimate of drug-likeness (QED) is 0.881. The van der Waals surface area contributed by atoms with Crippen molar-refractivity contribution in [3.8, 4) is 0 Å². The fourth-order valence-electron chi connectivity index (χ4n) is 4.21. The van der Waals surface area contributed by atoms with Gasteiger partial charge in [-0.15, -0.1) is 0 Å². The summed E-state index contributed by atoms with van der Waals surface area (Å²) in [5, 5.41) is 2.60. The molecule has 0 heterocycles. The molecular weight excluding hydrogens is 290 g/mol. The van der Waals surface area contributed by atoms with Crippen LogP contribution in [-0.2, 0) is 11.3 Å². The van der Waals surface area contributed by atoms with Gasteiger partial charge in [-0.3, -0.25) is 9.59 Å². The van der Waals surface area contributed by atoms with E-state index in [4.69, 9.17) is 5.73 Å². The maximum Gasteiger partial charge on any atom is 0.251 e. The van der Waals surface area contributed by atoms with E-state index in [1.165, 1.54) is 6.42 Å². The molecule has 0 aromatic heterocycles. The Hall–Kier alpha value is -1.88. The minimum absolute atomic E-state index is 0.0103. The van der Waals surface area contributed by atoms with Crippen LogP contribution in [0.15, 0.2) is 24.3 Å². The first-order valence-corrected chi connectivity index (χ1v) is 8.33. The number of hydrogen-bond donors (Lipinski definition) is 2. The number of nitrogens with zero attached hydrogens (tertiary/aromatic N) is 1. The van der Waals surface area contributed by atoms with Crippen LogP contribution < -0.4 is 11.1 Å². The van der Waals surface area contributed by atoms with Crippen LogP contribution in [0.3, 0.4) is 0 Å². The normalized spacial score (nSPS) is 28.7. The molecule has 0 radical (unpaired) electrons. The smallest absolute Gasteiger partial charge is 0.251 e. The lowest BCUT2D eigenvalue weighted by atomic mass is 9.84. The average molecular weight is 315 g/mol. The Morgan fingerprint density at radius 2 is 1.87 bits per heavy atom. The lowest BCUT2D eigenvalue weighted by Crippen LogP contribution is -2.45. The SMILES string of the molecule is CNC(=O)c1ccc(CN(C)C(=O)C2C3CCC(C3)C2N)cc1. The topological polar surface area (TPSA) is 75.4 Å². The van der Waals surface area contributed by atoms with Gasteiger partial charge >= 0.3 is 0 Å². The molecule has 2 aliphatic carbocycles. The van der Waals surface area contributed by atoms with Crippen LogP contribution in [0.1, 0.15) is 35.2 Å². The summed E-state index contributed by atoms with van der Waals surface area (Å²) in [7, 11) is 3.45. The monoisotopic (exact) mass is 315 g/mol. The van der Waals surface area contributed by atoms with Crippen molar-refractivity contribution in [2.24, 2.45) is 23.5 Å². The molecule has 0 aliphatic heterocycles. The van der Waals surface area contributed by atoms with Crippen LogP contribution in [0.5, 0.6) is 0 Å². The van der Waals surface area contributed by atoms with E-state index in [2.05, 4.69) is 5.32 Å². The number of benzene rings is 1. The van der Waals surface area contributed by atoms with E-state index in [-0.39, 0.29) is 23.8 Å². The summed E-state index contributed by atoms with van der Waals surface area (Å²) in [6.07, 6.45) is 3.44. The van der Waals surface area contributed by atoms with E-state index in [0.29, 0.717) is 23.9 Å². The number of fused-ring (bicyclic) bond motifs is 2. The van der Waals surface area contributed by atoms with Crippen molar-refractivity contribution in [3.05, 3.63) is 35.4 Å². The second-order valence-electron chi connectivity index (χ2n) is 6.91. The number of hydrogen-bond acceptors (Lipinski definition) is 3. The van der Waals surface area contributed by atoms with Crippen LogP contribution in [0, 0.1) is 17.8 Å². The molecule has 3 rings (SSSR count). The zero-order valence-corrected chi connectivity index (χ0v) is 13.8. The maximum atomic E-state index is 12.8. The van der Waals surface area contributed by atoms with Gasteiger partial charge in [0.15, 0.2) is 0 Å². The summed E-state index contributed by atoms with van der Waals surface area (Å²) < 4.78 is 0. The fraction of sp³-hybridized carbons (Fsp3) is 0.556. The second-order valence-corrected chi connectivity index (χ2v) is 6.91. The van der Waals surface area contributed by atoms with Gasteiger partial charge in [-0.2, -0.15) is 0 Å². The van der Waals surface area contributed by atoms with Crippen molar-refractivity contribution in [2.45, 2.75) is 31.8 Å². The van der Waals surface area contributed by atoms with Gasteiger partial charge in [0.05, 0.1) is 5.92 Å². The van der Waals surface area contributed by atoms with Crippen molar-refractivity contribution >= 4 is 11.8 Å². The molecular formula is C18H25N3O2. The fourth-order valence-corrected chi connectivity index (χ4v) is 4.21. The Balaban J connectivity index is 1.63. The molecule has 3 N–H and O–H groups in total. The molecule has 2 saturated carbocycles. The molecule has 1 aromatic rings. The molecule has 23 heavy (non-hydrogen) atoms. The van der Waals surface area contributed by atoms with Crippen LogP contribution >= 0.6 is 0 Å². The number of carbonyl (C=O) groups excluding carboxylic acids is 2. The predicted octanol–water partition coefficient (Wildman–Crippen LogP) is 1.38. The zero-order chi connectivity index (χ0) is 16.6. The highest BCUT2D eigenvalue weighted by atomic mass is 16.2. The molecule has 2 bridgehead atoms. The van der Waals surface area contributed by atoms with E-state index >= 15 is 0 Å². The lowest BCUT2D eigenvalue weighted by molar-refractivity contribution is -0.137. The van der Waals surface area contributed by atoms with Crippen molar-refractivity contribution < 1.29 is 9.59 Å². The van der Waals surface area contributed by atoms with E-state index in [0.717, 1.165) is 18.4 Å². The highest BCUT2D eigenvalue weighted by Gasteiger charge is 2.49. The van der Waals surface area contributed by atoms with Gasteiger partial charge in [0.25, 0.3) is 5.91 Å². The second kappa shape index (κ2) is 6.32. The van der Waals surface area contributed by atoms with Crippen LogP contribution in [0.4, 0.5) is 0 Å². The molecule has 2 amide bonds. The van der Waals surface area contributed by atoms with E-state index in [1.807, 2.05) is 19.2 Å². The van der Waals surface area contributed by atoms with E-state index in [9.17, 15) is 9.59 Å². The van der Waals surface area contributed by atoms with Crippen LogP contribution in [0.25, 0.3) is 0 Å². The third kappa shape index (κ3) is 2.98. The van der Waals surface area contributed by atoms with Crippen molar-refractivity contribution in [1.29, 1.82) is 0 Å². The summed E-state index contributed by atoms with van der Waals surface area (Å²) >= 11 is 0. The molecule has 5 heteroatoms. The number of rotatable bonds is 4. The minimum atomic E-state index is -0.103. The Kier molecular flexibility index (Phi) is 4.39. The van der Waals surface area contributed by atoms with Crippen LogP contribution in [-0.4, -0.2) is 36.9 Å².